The first-order valence-electron chi connectivity index (χ1n) is 8.68. The lowest BCUT2D eigenvalue weighted by molar-refractivity contribution is 0.0526. The Balaban J connectivity index is 1.97. The minimum absolute atomic E-state index is 0.192. The number of aryl methyl sites for hydroxylation is 2. The van der Waals surface area contributed by atoms with E-state index in [0.717, 1.165) is 26.4 Å². The molecule has 138 valence electrons. The van der Waals surface area contributed by atoms with Crippen LogP contribution in [0.3, 0.4) is 0 Å². The van der Waals surface area contributed by atoms with Crippen LogP contribution in [-0.2, 0) is 4.74 Å². The van der Waals surface area contributed by atoms with E-state index >= 15 is 0 Å². The molecule has 0 saturated carbocycles. The third-order valence-corrected chi connectivity index (χ3v) is 4.81. The molecule has 0 heterocycles. The molecular weight excluding hydrogens is 406 g/mol. The van der Waals surface area contributed by atoms with Crippen LogP contribution in [0.2, 0.25) is 0 Å². The highest BCUT2D eigenvalue weighted by Crippen LogP contribution is 2.27. The van der Waals surface area contributed by atoms with Crippen LogP contribution in [0.25, 0.3) is 10.8 Å². The summed E-state index contributed by atoms with van der Waals surface area (Å²) in [7, 11) is 0. The summed E-state index contributed by atoms with van der Waals surface area (Å²) in [5, 5.41) is 4.88. The number of anilines is 1. The van der Waals surface area contributed by atoms with E-state index in [1.807, 2.05) is 50.2 Å². The molecule has 1 amide bonds. The highest BCUT2D eigenvalue weighted by molar-refractivity contribution is 9.10. The molecule has 27 heavy (non-hydrogen) atoms. The zero-order valence-electron chi connectivity index (χ0n) is 15.4. The predicted octanol–water partition coefficient (Wildman–Crippen LogP) is 5.65. The minimum atomic E-state index is -0.362. The first-order chi connectivity index (χ1) is 12.9. The number of esters is 1. The largest absolute Gasteiger partial charge is 0.462 e. The zero-order valence-corrected chi connectivity index (χ0v) is 17.0. The first kappa shape index (κ1) is 19.1. The van der Waals surface area contributed by atoms with Crippen molar-refractivity contribution in [1.29, 1.82) is 0 Å². The molecule has 0 bridgehead atoms. The molecule has 4 nitrogen and oxygen atoms in total. The Bertz CT molecular complexity index is 1020. The lowest BCUT2D eigenvalue weighted by Crippen LogP contribution is -2.15. The minimum Gasteiger partial charge on any atom is -0.462 e. The Hall–Kier alpha value is -2.66. The lowest BCUT2D eigenvalue weighted by Gasteiger charge is -2.15. The van der Waals surface area contributed by atoms with Gasteiger partial charge in [0.2, 0.25) is 0 Å². The van der Waals surface area contributed by atoms with Gasteiger partial charge in [0.15, 0.2) is 0 Å². The van der Waals surface area contributed by atoms with Gasteiger partial charge >= 0.3 is 5.97 Å². The van der Waals surface area contributed by atoms with Gasteiger partial charge < -0.3 is 10.1 Å². The average molecular weight is 426 g/mol. The van der Waals surface area contributed by atoms with Gasteiger partial charge in [-0.2, -0.15) is 0 Å². The molecule has 1 N–H and O–H groups in total. The topological polar surface area (TPSA) is 55.4 Å². The molecule has 0 spiro atoms. The number of carbonyl (C=O) groups excluding carboxylic acids is 2. The Kier molecular flexibility index (Phi) is 5.61. The Labute approximate surface area is 166 Å². The van der Waals surface area contributed by atoms with Gasteiger partial charge in [0.25, 0.3) is 5.91 Å². The molecule has 0 aliphatic carbocycles. The number of halogens is 1. The summed E-state index contributed by atoms with van der Waals surface area (Å²) in [5.41, 5.74) is 3.40. The second kappa shape index (κ2) is 7.92. The summed E-state index contributed by atoms with van der Waals surface area (Å²) in [5.74, 6) is -0.554. The average Bonchev–Trinajstić information content (AvgIpc) is 2.63. The van der Waals surface area contributed by atoms with Crippen LogP contribution in [0.15, 0.2) is 53.0 Å². The van der Waals surface area contributed by atoms with Crippen molar-refractivity contribution >= 4 is 44.3 Å². The molecule has 3 aromatic carbocycles. The van der Waals surface area contributed by atoms with E-state index in [2.05, 4.69) is 21.2 Å². The normalized spacial score (nSPS) is 10.7. The maximum Gasteiger partial charge on any atom is 0.338 e. The first-order valence-corrected chi connectivity index (χ1v) is 9.48. The number of rotatable bonds is 4. The Morgan fingerprint density at radius 2 is 1.70 bits per heavy atom. The van der Waals surface area contributed by atoms with Crippen LogP contribution in [0.5, 0.6) is 0 Å². The lowest BCUT2D eigenvalue weighted by atomic mass is 10.0. The zero-order chi connectivity index (χ0) is 19.6. The van der Waals surface area contributed by atoms with Gasteiger partial charge in [0.1, 0.15) is 0 Å². The maximum absolute atomic E-state index is 13.0. The van der Waals surface area contributed by atoms with Crippen molar-refractivity contribution in [2.45, 2.75) is 20.8 Å². The van der Waals surface area contributed by atoms with Crippen molar-refractivity contribution in [3.63, 3.8) is 0 Å². The van der Waals surface area contributed by atoms with Crippen LogP contribution in [0.1, 0.15) is 38.8 Å². The van der Waals surface area contributed by atoms with Gasteiger partial charge in [0, 0.05) is 15.7 Å². The molecular formula is C22H20BrNO3. The summed E-state index contributed by atoms with van der Waals surface area (Å²) in [6.45, 7) is 5.83. The highest BCUT2D eigenvalue weighted by Gasteiger charge is 2.16. The predicted molar refractivity (Wildman–Crippen MR) is 111 cm³/mol. The van der Waals surface area contributed by atoms with Gasteiger partial charge in [0.05, 0.1) is 12.2 Å². The fourth-order valence-electron chi connectivity index (χ4n) is 3.14. The molecule has 0 atom stereocenters. The smallest absolute Gasteiger partial charge is 0.338 e. The third-order valence-electron chi connectivity index (χ3n) is 4.35. The number of hydrogen-bond donors (Lipinski definition) is 1. The SMILES string of the molecule is CCOC(=O)c1cc(C)c(NC(=O)c2cc(Br)cc3ccccc23)c(C)c1. The van der Waals surface area contributed by atoms with Crippen molar-refractivity contribution in [1.82, 2.24) is 0 Å². The number of amides is 1. The molecule has 0 aromatic heterocycles. The van der Waals surface area contributed by atoms with Gasteiger partial charge in [-0.25, -0.2) is 4.79 Å². The summed E-state index contributed by atoms with van der Waals surface area (Å²) >= 11 is 3.47. The molecule has 0 saturated heterocycles. The third kappa shape index (κ3) is 4.03. The summed E-state index contributed by atoms with van der Waals surface area (Å²) in [6, 6.07) is 15.0. The molecule has 0 radical (unpaired) electrons. The van der Waals surface area contributed by atoms with E-state index in [9.17, 15) is 9.59 Å². The molecule has 0 aliphatic rings. The number of carbonyl (C=O) groups is 2. The quantitative estimate of drug-likeness (QED) is 0.549. The van der Waals surface area contributed by atoms with Crippen molar-refractivity contribution in [3.05, 3.63) is 75.3 Å². The fourth-order valence-corrected chi connectivity index (χ4v) is 3.61. The number of ether oxygens (including phenoxy) is 1. The molecule has 5 heteroatoms. The maximum atomic E-state index is 13.0. The van der Waals surface area contributed by atoms with Gasteiger partial charge in [-0.3, -0.25) is 4.79 Å². The van der Waals surface area contributed by atoms with Crippen molar-refractivity contribution < 1.29 is 14.3 Å². The van der Waals surface area contributed by atoms with E-state index in [0.29, 0.717) is 23.4 Å². The van der Waals surface area contributed by atoms with Gasteiger partial charge in [-0.15, -0.1) is 0 Å². The molecule has 3 aromatic rings. The number of fused-ring (bicyclic) bond motifs is 1. The molecule has 0 unspecified atom stereocenters. The van der Waals surface area contributed by atoms with Gasteiger partial charge in [-0.1, -0.05) is 40.2 Å². The van der Waals surface area contributed by atoms with Crippen LogP contribution >= 0.6 is 15.9 Å². The molecule has 0 fully saturated rings. The standard InChI is InChI=1S/C22H20BrNO3/c1-4-27-22(26)16-9-13(2)20(14(3)10-16)24-21(25)19-12-17(23)11-15-7-5-6-8-18(15)19/h5-12H,4H2,1-3H3,(H,24,25). The van der Waals surface area contributed by atoms with E-state index < -0.39 is 0 Å². The Morgan fingerprint density at radius 1 is 1.04 bits per heavy atom. The number of hydrogen-bond acceptors (Lipinski definition) is 3. The summed E-state index contributed by atoms with van der Waals surface area (Å²) < 4.78 is 5.90. The highest BCUT2D eigenvalue weighted by atomic mass is 79.9. The van der Waals surface area contributed by atoms with Crippen LogP contribution in [0, 0.1) is 13.8 Å². The number of nitrogens with one attached hydrogen (secondary N) is 1. The van der Waals surface area contributed by atoms with E-state index in [1.165, 1.54) is 0 Å². The van der Waals surface area contributed by atoms with Crippen LogP contribution < -0.4 is 5.32 Å². The number of benzene rings is 3. The van der Waals surface area contributed by atoms with Crippen molar-refractivity contribution in [3.8, 4) is 0 Å². The Morgan fingerprint density at radius 3 is 2.37 bits per heavy atom. The summed E-state index contributed by atoms with van der Waals surface area (Å²) in [6.07, 6.45) is 0. The van der Waals surface area contributed by atoms with Gasteiger partial charge in [-0.05, 0) is 66.9 Å². The molecule has 0 aliphatic heterocycles. The van der Waals surface area contributed by atoms with Crippen LogP contribution in [0.4, 0.5) is 5.69 Å². The van der Waals surface area contributed by atoms with Crippen molar-refractivity contribution in [2.24, 2.45) is 0 Å². The van der Waals surface area contributed by atoms with E-state index in [-0.39, 0.29) is 11.9 Å². The summed E-state index contributed by atoms with van der Waals surface area (Å²) in [4.78, 5) is 25.0. The fraction of sp³-hybridized carbons (Fsp3) is 0.182. The monoisotopic (exact) mass is 425 g/mol. The molecule has 3 rings (SSSR count). The van der Waals surface area contributed by atoms with E-state index in [1.54, 1.807) is 19.1 Å². The van der Waals surface area contributed by atoms with Crippen LogP contribution in [-0.4, -0.2) is 18.5 Å². The second-order valence-corrected chi connectivity index (χ2v) is 7.25. The van der Waals surface area contributed by atoms with E-state index in [4.69, 9.17) is 4.74 Å². The second-order valence-electron chi connectivity index (χ2n) is 6.33. The van der Waals surface area contributed by atoms with Crippen molar-refractivity contribution in [2.75, 3.05) is 11.9 Å².